The van der Waals surface area contributed by atoms with Crippen molar-refractivity contribution in [2.24, 2.45) is 5.92 Å². The third kappa shape index (κ3) is 3.33. The molecule has 0 spiro atoms. The van der Waals surface area contributed by atoms with Gasteiger partial charge >= 0.3 is 0 Å². The molecular weight excluding hydrogens is 276 g/mol. The molecule has 1 saturated heterocycles. The van der Waals surface area contributed by atoms with Gasteiger partial charge in [0.15, 0.2) is 0 Å². The Morgan fingerprint density at radius 3 is 2.75 bits per heavy atom. The molecule has 1 unspecified atom stereocenters. The number of aryl methyl sites for hydroxylation is 2. The second-order valence-corrected chi connectivity index (χ2v) is 7.72. The highest BCUT2D eigenvalue weighted by molar-refractivity contribution is 7.91. The first-order chi connectivity index (χ1) is 9.30. The first-order valence-corrected chi connectivity index (χ1v) is 8.77. The molecule has 1 aromatic heterocycles. The van der Waals surface area contributed by atoms with E-state index in [0.717, 1.165) is 5.69 Å². The van der Waals surface area contributed by atoms with E-state index in [1.54, 1.807) is 18.0 Å². The number of amides is 1. The minimum absolute atomic E-state index is 0.0642. The largest absolute Gasteiger partial charge is 0.338 e. The number of nitrogens with one attached hydrogen (secondary N) is 1. The van der Waals surface area contributed by atoms with Crippen molar-refractivity contribution in [1.82, 2.24) is 14.9 Å². The molecular formula is C13H20N4O2S. The van der Waals surface area contributed by atoms with Crippen LogP contribution in [0.2, 0.25) is 0 Å². The van der Waals surface area contributed by atoms with Crippen LogP contribution in [0.3, 0.4) is 0 Å². The van der Waals surface area contributed by atoms with Crippen LogP contribution < -0.4 is 0 Å². The second kappa shape index (κ2) is 5.47. The Morgan fingerprint density at radius 1 is 1.55 bits per heavy atom. The van der Waals surface area contributed by atoms with Crippen molar-refractivity contribution >= 4 is 15.6 Å². The van der Waals surface area contributed by atoms with E-state index in [2.05, 4.69) is 9.97 Å². The van der Waals surface area contributed by atoms with Crippen LogP contribution in [0.15, 0.2) is 6.20 Å². The van der Waals surface area contributed by atoms with Crippen LogP contribution in [0, 0.1) is 17.6 Å². The van der Waals surface area contributed by atoms with Crippen LogP contribution in [-0.4, -0.2) is 50.1 Å². The van der Waals surface area contributed by atoms with Gasteiger partial charge in [-0.3, -0.25) is 13.8 Å². The number of carbonyl (C=O) groups is 1. The van der Waals surface area contributed by atoms with Gasteiger partial charge in [0.2, 0.25) is 0 Å². The third-order valence-electron chi connectivity index (χ3n) is 3.35. The number of hydrogen-bond donors (Lipinski definition) is 1. The zero-order chi connectivity index (χ0) is 14.9. The zero-order valence-corrected chi connectivity index (χ0v) is 12.9. The van der Waals surface area contributed by atoms with Gasteiger partial charge in [-0.25, -0.2) is 9.97 Å². The van der Waals surface area contributed by atoms with E-state index in [0.29, 0.717) is 36.7 Å². The van der Waals surface area contributed by atoms with Crippen LogP contribution in [-0.2, 0) is 16.1 Å². The lowest BCUT2D eigenvalue weighted by Crippen LogP contribution is -2.52. The van der Waals surface area contributed by atoms with Crippen molar-refractivity contribution in [3.63, 3.8) is 0 Å². The molecule has 110 valence electrons. The summed E-state index contributed by atoms with van der Waals surface area (Å²) in [4.78, 5) is 22.5. The summed E-state index contributed by atoms with van der Waals surface area (Å²) >= 11 is 0. The first kappa shape index (κ1) is 14.9. The monoisotopic (exact) mass is 296 g/mol. The van der Waals surface area contributed by atoms with E-state index in [1.807, 2.05) is 6.92 Å². The molecule has 1 atom stereocenters. The maximum absolute atomic E-state index is 12.4. The van der Waals surface area contributed by atoms with Crippen LogP contribution in [0.5, 0.6) is 0 Å². The minimum Gasteiger partial charge on any atom is -0.338 e. The average molecular weight is 296 g/mol. The molecule has 1 aliphatic heterocycles. The number of hydrogen-bond acceptors (Lipinski definition) is 5. The van der Waals surface area contributed by atoms with E-state index in [-0.39, 0.29) is 11.8 Å². The van der Waals surface area contributed by atoms with Gasteiger partial charge in [-0.05, 0) is 13.3 Å². The van der Waals surface area contributed by atoms with E-state index >= 15 is 0 Å². The molecule has 1 N–H and O–H groups in total. The van der Waals surface area contributed by atoms with Crippen molar-refractivity contribution in [2.75, 3.05) is 25.1 Å². The maximum atomic E-state index is 12.4. The molecule has 6 nitrogen and oxygen atoms in total. The van der Waals surface area contributed by atoms with Gasteiger partial charge in [0.1, 0.15) is 5.82 Å². The Morgan fingerprint density at radius 2 is 2.20 bits per heavy atom. The molecule has 1 aliphatic rings. The summed E-state index contributed by atoms with van der Waals surface area (Å²) in [6.45, 7) is 4.90. The summed E-state index contributed by atoms with van der Waals surface area (Å²) in [5.41, 5.74) is 1.32. The standard InChI is InChI=1S/C13H20N4O2S/c1-4-12-11(5-15-9(2)16-12)13(18)17-6-10(7-17)8-20(3,14)19/h5,10,14H,4,6-8H2,1-3H3. The van der Waals surface area contributed by atoms with Gasteiger partial charge in [0.05, 0.1) is 11.3 Å². The summed E-state index contributed by atoms with van der Waals surface area (Å²) in [5, 5.41) is 0. The molecule has 0 saturated carbocycles. The number of nitrogens with zero attached hydrogens (tertiary/aromatic N) is 3. The summed E-state index contributed by atoms with van der Waals surface area (Å²) in [6, 6.07) is 0. The molecule has 0 aromatic carbocycles. The molecule has 0 radical (unpaired) electrons. The quantitative estimate of drug-likeness (QED) is 0.901. The molecule has 2 heterocycles. The van der Waals surface area contributed by atoms with E-state index < -0.39 is 9.73 Å². The van der Waals surface area contributed by atoms with Gasteiger partial charge in [0, 0.05) is 46.9 Å². The predicted molar refractivity (Wildman–Crippen MR) is 77.2 cm³/mol. The molecule has 2 rings (SSSR count). The summed E-state index contributed by atoms with van der Waals surface area (Å²) < 4.78 is 18.8. The lowest BCUT2D eigenvalue weighted by Gasteiger charge is -2.39. The first-order valence-electron chi connectivity index (χ1n) is 6.63. The molecule has 1 aromatic rings. The summed E-state index contributed by atoms with van der Waals surface area (Å²) in [5.74, 6) is 1.14. The van der Waals surface area contributed by atoms with Crippen LogP contribution >= 0.6 is 0 Å². The SMILES string of the molecule is CCc1nc(C)ncc1C(=O)N1CC(CS(C)(=N)=O)C1. The maximum Gasteiger partial charge on any atom is 0.257 e. The van der Waals surface area contributed by atoms with E-state index in [4.69, 9.17) is 4.78 Å². The van der Waals surface area contributed by atoms with Crippen molar-refractivity contribution in [1.29, 1.82) is 4.78 Å². The highest BCUT2D eigenvalue weighted by atomic mass is 32.2. The van der Waals surface area contributed by atoms with Gasteiger partial charge in [-0.15, -0.1) is 0 Å². The number of carbonyl (C=O) groups excluding carboxylic acids is 1. The highest BCUT2D eigenvalue weighted by Crippen LogP contribution is 2.21. The van der Waals surface area contributed by atoms with Gasteiger partial charge in [0.25, 0.3) is 5.91 Å². The van der Waals surface area contributed by atoms with Crippen LogP contribution in [0.4, 0.5) is 0 Å². The lowest BCUT2D eigenvalue weighted by molar-refractivity contribution is 0.0533. The summed E-state index contributed by atoms with van der Waals surface area (Å²) in [6.07, 6.45) is 3.72. The molecule has 7 heteroatoms. The molecule has 0 aliphatic carbocycles. The van der Waals surface area contributed by atoms with Crippen molar-refractivity contribution in [3.8, 4) is 0 Å². The third-order valence-corrected chi connectivity index (χ3v) is 4.46. The zero-order valence-electron chi connectivity index (χ0n) is 12.0. The van der Waals surface area contributed by atoms with E-state index in [1.165, 1.54) is 6.26 Å². The molecule has 1 fully saturated rings. The Bertz CT molecular complexity index is 621. The Kier molecular flexibility index (Phi) is 4.08. The molecule has 20 heavy (non-hydrogen) atoms. The van der Waals surface area contributed by atoms with Crippen LogP contribution in [0.25, 0.3) is 0 Å². The smallest absolute Gasteiger partial charge is 0.257 e. The van der Waals surface area contributed by atoms with E-state index in [9.17, 15) is 9.00 Å². The fourth-order valence-electron chi connectivity index (χ4n) is 2.43. The number of aromatic nitrogens is 2. The summed E-state index contributed by atoms with van der Waals surface area (Å²) in [7, 11) is -2.48. The van der Waals surface area contributed by atoms with Gasteiger partial charge < -0.3 is 4.90 Å². The van der Waals surface area contributed by atoms with Crippen molar-refractivity contribution < 1.29 is 9.00 Å². The normalized spacial score (nSPS) is 18.4. The number of rotatable bonds is 4. The van der Waals surface area contributed by atoms with Gasteiger partial charge in [-0.1, -0.05) is 6.92 Å². The molecule has 1 amide bonds. The lowest BCUT2D eigenvalue weighted by atomic mass is 10.0. The van der Waals surface area contributed by atoms with Crippen molar-refractivity contribution in [2.45, 2.75) is 20.3 Å². The Hall–Kier alpha value is -1.50. The van der Waals surface area contributed by atoms with Crippen molar-refractivity contribution in [3.05, 3.63) is 23.3 Å². The van der Waals surface area contributed by atoms with Crippen LogP contribution in [0.1, 0.15) is 28.8 Å². The second-order valence-electron chi connectivity index (χ2n) is 5.38. The topological polar surface area (TPSA) is 87.0 Å². The average Bonchev–Trinajstić information content (AvgIpc) is 2.31. The highest BCUT2D eigenvalue weighted by Gasteiger charge is 2.33. The molecule has 0 bridgehead atoms. The number of likely N-dealkylation sites (tertiary alicyclic amines) is 1. The Labute approximate surface area is 119 Å². The van der Waals surface area contributed by atoms with Gasteiger partial charge in [-0.2, -0.15) is 0 Å². The predicted octanol–water partition coefficient (Wildman–Crippen LogP) is 1.10. The fraction of sp³-hybridized carbons (Fsp3) is 0.615. The Balaban J connectivity index is 2.04. The minimum atomic E-state index is -2.48. The fourth-order valence-corrected chi connectivity index (χ4v) is 3.54.